The molecule has 0 amide bonds. The van der Waals surface area contributed by atoms with Crippen LogP contribution in [0.25, 0.3) is 22.3 Å². The molecule has 4 aromatic rings. The lowest BCUT2D eigenvalue weighted by atomic mass is 10.1. The number of ether oxygens (including phenoxy) is 2. The number of carboxylic acid groups (broad SMARTS) is 1. The van der Waals surface area contributed by atoms with Gasteiger partial charge in [0.25, 0.3) is 0 Å². The number of pyridine rings is 2. The van der Waals surface area contributed by atoms with Gasteiger partial charge < -0.3 is 19.1 Å². The molecule has 162 valence electrons. The Kier molecular flexibility index (Phi) is 5.59. The van der Waals surface area contributed by atoms with E-state index in [0.717, 1.165) is 6.07 Å². The van der Waals surface area contributed by atoms with E-state index in [2.05, 4.69) is 4.98 Å². The van der Waals surface area contributed by atoms with Gasteiger partial charge in [0.15, 0.2) is 0 Å². The molecule has 0 unspecified atom stereocenters. The third-order valence-corrected chi connectivity index (χ3v) is 5.11. The maximum Gasteiger partial charge on any atom is 0.341 e. The van der Waals surface area contributed by atoms with Crippen LogP contribution in [0.4, 0.5) is 4.39 Å². The quantitative estimate of drug-likeness (QED) is 0.494. The van der Waals surface area contributed by atoms with E-state index in [9.17, 15) is 19.1 Å². The SMILES string of the molecule is COc1ccc(Cn2cc(C(=O)O)c(=O)c3cc(F)c(-c4ccccc4)nc32)c(OC)c1. The summed E-state index contributed by atoms with van der Waals surface area (Å²) >= 11 is 0. The predicted molar refractivity (Wildman–Crippen MR) is 117 cm³/mol. The lowest BCUT2D eigenvalue weighted by Gasteiger charge is -2.16. The number of fused-ring (bicyclic) bond motifs is 1. The van der Waals surface area contributed by atoms with Crippen LogP contribution in [0.5, 0.6) is 11.5 Å². The number of halogens is 1. The molecule has 4 rings (SSSR count). The molecule has 0 aliphatic carbocycles. The second-order valence-electron chi connectivity index (χ2n) is 7.04. The van der Waals surface area contributed by atoms with E-state index >= 15 is 0 Å². The van der Waals surface area contributed by atoms with Crippen molar-refractivity contribution in [1.29, 1.82) is 0 Å². The smallest absolute Gasteiger partial charge is 0.341 e. The highest BCUT2D eigenvalue weighted by molar-refractivity contribution is 5.92. The van der Waals surface area contributed by atoms with E-state index in [0.29, 0.717) is 22.6 Å². The Morgan fingerprint density at radius 1 is 1.09 bits per heavy atom. The maximum atomic E-state index is 14.9. The molecule has 0 bridgehead atoms. The standard InChI is InChI=1S/C24H19FN2O5/c1-31-16-9-8-15(20(10-16)32-2)12-27-13-18(24(29)30)22(28)17-11-19(25)21(26-23(17)27)14-6-4-3-5-7-14/h3-11,13H,12H2,1-2H3,(H,29,30). The van der Waals surface area contributed by atoms with Crippen molar-refractivity contribution in [3.05, 3.63) is 88.0 Å². The summed E-state index contributed by atoms with van der Waals surface area (Å²) in [5.41, 5.74) is 0.196. The first-order valence-corrected chi connectivity index (χ1v) is 9.66. The topological polar surface area (TPSA) is 90.7 Å². The minimum Gasteiger partial charge on any atom is -0.497 e. The van der Waals surface area contributed by atoms with Gasteiger partial charge in [-0.2, -0.15) is 0 Å². The van der Waals surface area contributed by atoms with Crippen molar-refractivity contribution < 1.29 is 23.8 Å². The van der Waals surface area contributed by atoms with Gasteiger partial charge in [-0.3, -0.25) is 4.79 Å². The molecular formula is C24H19FN2O5. The highest BCUT2D eigenvalue weighted by atomic mass is 19.1. The van der Waals surface area contributed by atoms with Crippen molar-refractivity contribution in [3.63, 3.8) is 0 Å². The Labute approximate surface area is 182 Å². The number of hydrogen-bond donors (Lipinski definition) is 1. The molecule has 1 N–H and O–H groups in total. The van der Waals surface area contributed by atoms with E-state index in [1.807, 2.05) is 0 Å². The van der Waals surface area contributed by atoms with Gasteiger partial charge in [-0.05, 0) is 18.2 Å². The molecule has 0 saturated carbocycles. The number of aromatic carboxylic acids is 1. The van der Waals surface area contributed by atoms with Crippen LogP contribution in [-0.2, 0) is 6.54 Å². The molecule has 0 spiro atoms. The second kappa shape index (κ2) is 8.50. The lowest BCUT2D eigenvalue weighted by molar-refractivity contribution is 0.0695. The third-order valence-electron chi connectivity index (χ3n) is 5.11. The Balaban J connectivity index is 1.97. The molecule has 0 fully saturated rings. The summed E-state index contributed by atoms with van der Waals surface area (Å²) in [4.78, 5) is 28.8. The number of carboxylic acids is 1. The predicted octanol–water partition coefficient (Wildman–Crippen LogP) is 3.97. The Morgan fingerprint density at radius 3 is 2.50 bits per heavy atom. The molecule has 0 aliphatic rings. The molecule has 32 heavy (non-hydrogen) atoms. The average molecular weight is 434 g/mol. The van der Waals surface area contributed by atoms with Crippen molar-refractivity contribution in [3.8, 4) is 22.8 Å². The molecule has 0 radical (unpaired) electrons. The summed E-state index contributed by atoms with van der Waals surface area (Å²) in [5.74, 6) is -1.01. The van der Waals surface area contributed by atoms with E-state index in [1.54, 1.807) is 48.5 Å². The minimum atomic E-state index is -1.40. The highest BCUT2D eigenvalue weighted by Crippen LogP contribution is 2.28. The van der Waals surface area contributed by atoms with Crippen LogP contribution < -0.4 is 14.9 Å². The maximum absolute atomic E-state index is 14.9. The fourth-order valence-corrected chi connectivity index (χ4v) is 3.52. The number of carbonyl (C=O) groups is 1. The number of benzene rings is 2. The van der Waals surface area contributed by atoms with Crippen LogP contribution in [0.3, 0.4) is 0 Å². The summed E-state index contributed by atoms with van der Waals surface area (Å²) < 4.78 is 27.0. The lowest BCUT2D eigenvalue weighted by Crippen LogP contribution is -2.20. The van der Waals surface area contributed by atoms with Crippen LogP contribution in [0.1, 0.15) is 15.9 Å². The minimum absolute atomic E-state index is 0.0658. The van der Waals surface area contributed by atoms with Crippen LogP contribution in [0, 0.1) is 5.82 Å². The van der Waals surface area contributed by atoms with Gasteiger partial charge in [-0.25, -0.2) is 14.2 Å². The van der Waals surface area contributed by atoms with Gasteiger partial charge in [-0.1, -0.05) is 30.3 Å². The van der Waals surface area contributed by atoms with Crippen molar-refractivity contribution in [2.75, 3.05) is 14.2 Å². The van der Waals surface area contributed by atoms with Crippen LogP contribution in [0.15, 0.2) is 65.6 Å². The Morgan fingerprint density at radius 2 is 1.84 bits per heavy atom. The van der Waals surface area contributed by atoms with Crippen molar-refractivity contribution >= 4 is 17.0 Å². The van der Waals surface area contributed by atoms with E-state index in [1.165, 1.54) is 25.0 Å². The highest BCUT2D eigenvalue weighted by Gasteiger charge is 2.19. The molecular weight excluding hydrogens is 415 g/mol. The van der Waals surface area contributed by atoms with Crippen LogP contribution in [0.2, 0.25) is 0 Å². The molecule has 0 saturated heterocycles. The summed E-state index contributed by atoms with van der Waals surface area (Å²) in [5, 5.41) is 9.40. The summed E-state index contributed by atoms with van der Waals surface area (Å²) in [6, 6.07) is 15.0. The first-order chi connectivity index (χ1) is 15.4. The molecule has 8 heteroatoms. The summed E-state index contributed by atoms with van der Waals surface area (Å²) in [7, 11) is 3.04. The van der Waals surface area contributed by atoms with Gasteiger partial charge >= 0.3 is 5.97 Å². The summed E-state index contributed by atoms with van der Waals surface area (Å²) in [6.45, 7) is 0.136. The largest absolute Gasteiger partial charge is 0.497 e. The van der Waals surface area contributed by atoms with E-state index in [4.69, 9.17) is 9.47 Å². The zero-order valence-corrected chi connectivity index (χ0v) is 17.3. The van der Waals surface area contributed by atoms with Crippen molar-refractivity contribution in [2.45, 2.75) is 6.54 Å². The Hall–Kier alpha value is -4.20. The second-order valence-corrected chi connectivity index (χ2v) is 7.04. The average Bonchev–Trinajstić information content (AvgIpc) is 2.81. The monoisotopic (exact) mass is 434 g/mol. The molecule has 0 atom stereocenters. The number of rotatable bonds is 6. The van der Waals surface area contributed by atoms with Crippen molar-refractivity contribution in [2.24, 2.45) is 0 Å². The van der Waals surface area contributed by atoms with E-state index in [-0.39, 0.29) is 23.3 Å². The molecule has 7 nitrogen and oxygen atoms in total. The van der Waals surface area contributed by atoms with Crippen molar-refractivity contribution in [1.82, 2.24) is 9.55 Å². The molecule has 2 heterocycles. The molecule has 2 aromatic carbocycles. The normalized spacial score (nSPS) is 10.8. The number of hydrogen-bond acceptors (Lipinski definition) is 5. The summed E-state index contributed by atoms with van der Waals surface area (Å²) in [6.07, 6.45) is 1.22. The molecule has 2 aromatic heterocycles. The third kappa shape index (κ3) is 3.78. The number of methoxy groups -OCH3 is 2. The van der Waals surface area contributed by atoms with Gasteiger partial charge in [-0.15, -0.1) is 0 Å². The van der Waals surface area contributed by atoms with Gasteiger partial charge in [0.2, 0.25) is 5.43 Å². The fourth-order valence-electron chi connectivity index (χ4n) is 3.52. The van der Waals surface area contributed by atoms with Gasteiger partial charge in [0.1, 0.15) is 34.2 Å². The zero-order chi connectivity index (χ0) is 22.8. The number of aromatic nitrogens is 2. The Bertz CT molecular complexity index is 1380. The van der Waals surface area contributed by atoms with Crippen LogP contribution in [-0.4, -0.2) is 34.8 Å². The first kappa shape index (κ1) is 21.0. The van der Waals surface area contributed by atoms with Crippen LogP contribution >= 0.6 is 0 Å². The first-order valence-electron chi connectivity index (χ1n) is 9.66. The van der Waals surface area contributed by atoms with Gasteiger partial charge in [0, 0.05) is 23.4 Å². The number of nitrogens with zero attached hydrogens (tertiary/aromatic N) is 2. The van der Waals surface area contributed by atoms with Gasteiger partial charge in [0.05, 0.1) is 26.2 Å². The van der Waals surface area contributed by atoms with E-state index < -0.39 is 22.8 Å². The molecule has 0 aliphatic heterocycles. The fraction of sp³-hybridized carbons (Fsp3) is 0.125. The zero-order valence-electron chi connectivity index (χ0n) is 17.3.